The van der Waals surface area contributed by atoms with Crippen LogP contribution in [-0.2, 0) is 19.1 Å². The first-order chi connectivity index (χ1) is 12.1. The smallest absolute Gasteiger partial charge is 0.331 e. The molecule has 7 atom stereocenters. The highest BCUT2D eigenvalue weighted by Crippen LogP contribution is 2.65. The molecule has 0 amide bonds. The molecule has 1 heterocycles. The second kappa shape index (κ2) is 5.84. The van der Waals surface area contributed by atoms with Crippen molar-refractivity contribution in [2.45, 2.75) is 78.9 Å². The molecule has 1 aliphatic heterocycles. The van der Waals surface area contributed by atoms with Gasteiger partial charge in [0.15, 0.2) is 0 Å². The lowest BCUT2D eigenvalue weighted by Crippen LogP contribution is -2.58. The molecule has 26 heavy (non-hydrogen) atoms. The lowest BCUT2D eigenvalue weighted by atomic mass is 9.43. The number of carbonyl (C=O) groups is 2. The fraction of sp³-hybridized carbons (Fsp3) is 0.818. The first kappa shape index (κ1) is 18.1. The molecular weight excluding hydrogens is 328 g/mol. The Bertz CT molecular complexity index is 663. The van der Waals surface area contributed by atoms with Crippen molar-refractivity contribution in [1.82, 2.24) is 0 Å². The van der Waals surface area contributed by atoms with E-state index in [-0.39, 0.29) is 35.0 Å². The van der Waals surface area contributed by atoms with E-state index in [1.165, 1.54) is 25.3 Å². The zero-order valence-electron chi connectivity index (χ0n) is 16.7. The minimum atomic E-state index is -0.174. The summed E-state index contributed by atoms with van der Waals surface area (Å²) in [4.78, 5) is 23.5. The van der Waals surface area contributed by atoms with Crippen LogP contribution in [0.25, 0.3) is 0 Å². The van der Waals surface area contributed by atoms with Gasteiger partial charge in [-0.05, 0) is 72.2 Å². The lowest BCUT2D eigenvalue weighted by molar-refractivity contribution is -0.180. The van der Waals surface area contributed by atoms with E-state index in [2.05, 4.69) is 27.7 Å². The van der Waals surface area contributed by atoms with Gasteiger partial charge in [0.2, 0.25) is 0 Å². The standard InChI is InChI=1S/C22H32O4/c1-12-15-6-7-19-21(3,4)10-14(25-13(2)23)11-22(19,5)17(15)9-18-16(12)8-20(24)26-18/h8,12,14-15,17-19H,6-7,9-11H2,1-5H3/t12-,14-,15+,17+,18-,19+,22-/m1/s1. The highest BCUT2D eigenvalue weighted by molar-refractivity contribution is 5.86. The van der Waals surface area contributed by atoms with Gasteiger partial charge in [-0.3, -0.25) is 4.79 Å². The van der Waals surface area contributed by atoms with Crippen molar-refractivity contribution in [3.63, 3.8) is 0 Å². The van der Waals surface area contributed by atoms with Gasteiger partial charge in [0, 0.05) is 13.0 Å². The molecule has 0 N–H and O–H groups in total. The number of ether oxygens (including phenoxy) is 2. The van der Waals surface area contributed by atoms with Crippen LogP contribution < -0.4 is 0 Å². The lowest BCUT2D eigenvalue weighted by Gasteiger charge is -2.63. The van der Waals surface area contributed by atoms with Gasteiger partial charge in [-0.15, -0.1) is 0 Å². The first-order valence-corrected chi connectivity index (χ1v) is 10.2. The summed E-state index contributed by atoms with van der Waals surface area (Å²) in [5.41, 5.74) is 1.49. The van der Waals surface area contributed by atoms with Crippen LogP contribution in [0, 0.1) is 34.5 Å². The van der Waals surface area contributed by atoms with E-state index in [4.69, 9.17) is 9.47 Å². The maximum absolute atomic E-state index is 11.8. The van der Waals surface area contributed by atoms with Crippen LogP contribution in [0.2, 0.25) is 0 Å². The summed E-state index contributed by atoms with van der Waals surface area (Å²) in [6.45, 7) is 10.9. The number of fused-ring (bicyclic) bond motifs is 4. The van der Waals surface area contributed by atoms with E-state index >= 15 is 0 Å². The van der Waals surface area contributed by atoms with E-state index in [1.807, 2.05) is 0 Å². The van der Waals surface area contributed by atoms with Crippen molar-refractivity contribution in [1.29, 1.82) is 0 Å². The summed E-state index contributed by atoms with van der Waals surface area (Å²) in [5, 5.41) is 0. The molecule has 0 bridgehead atoms. The van der Waals surface area contributed by atoms with Crippen molar-refractivity contribution in [3.05, 3.63) is 11.6 Å². The zero-order valence-corrected chi connectivity index (χ0v) is 16.7. The molecule has 4 aliphatic rings. The van der Waals surface area contributed by atoms with Gasteiger partial charge in [-0.2, -0.15) is 0 Å². The Labute approximate surface area is 156 Å². The zero-order chi connectivity index (χ0) is 18.9. The Balaban J connectivity index is 1.68. The van der Waals surface area contributed by atoms with Crippen LogP contribution in [0.15, 0.2) is 11.6 Å². The Morgan fingerprint density at radius 1 is 1.23 bits per heavy atom. The highest BCUT2D eigenvalue weighted by Gasteiger charge is 2.60. The Hall–Kier alpha value is -1.32. The van der Waals surface area contributed by atoms with Crippen LogP contribution in [0.4, 0.5) is 0 Å². The second-order valence-electron chi connectivity index (χ2n) is 10.1. The average molecular weight is 360 g/mol. The number of carbonyl (C=O) groups excluding carboxylic acids is 2. The molecule has 0 aromatic heterocycles. The van der Waals surface area contributed by atoms with Crippen LogP contribution in [0.5, 0.6) is 0 Å². The number of hydrogen-bond donors (Lipinski definition) is 0. The third-order valence-corrected chi connectivity index (χ3v) is 8.20. The Morgan fingerprint density at radius 2 is 1.96 bits per heavy atom. The molecule has 4 heteroatoms. The van der Waals surface area contributed by atoms with E-state index in [0.29, 0.717) is 23.7 Å². The topological polar surface area (TPSA) is 52.6 Å². The van der Waals surface area contributed by atoms with E-state index in [9.17, 15) is 9.59 Å². The molecule has 0 unspecified atom stereocenters. The van der Waals surface area contributed by atoms with Crippen LogP contribution in [-0.4, -0.2) is 24.1 Å². The van der Waals surface area contributed by atoms with Crippen molar-refractivity contribution in [2.24, 2.45) is 34.5 Å². The minimum absolute atomic E-state index is 0.000809. The third-order valence-electron chi connectivity index (χ3n) is 8.20. The molecule has 0 aromatic rings. The average Bonchev–Trinajstić information content (AvgIpc) is 2.87. The quantitative estimate of drug-likeness (QED) is 0.655. The molecule has 4 rings (SSSR count). The summed E-state index contributed by atoms with van der Waals surface area (Å²) in [6.07, 6.45) is 6.99. The van der Waals surface area contributed by atoms with Crippen LogP contribution in [0.3, 0.4) is 0 Å². The molecule has 3 fully saturated rings. The number of hydrogen-bond acceptors (Lipinski definition) is 4. The van der Waals surface area contributed by atoms with Crippen LogP contribution >= 0.6 is 0 Å². The van der Waals surface area contributed by atoms with Gasteiger partial charge in [-0.25, -0.2) is 4.79 Å². The summed E-state index contributed by atoms with van der Waals surface area (Å²) in [6, 6.07) is 0. The molecule has 144 valence electrons. The van der Waals surface area contributed by atoms with E-state index in [1.54, 1.807) is 6.08 Å². The Kier molecular flexibility index (Phi) is 4.06. The van der Waals surface area contributed by atoms with Crippen molar-refractivity contribution >= 4 is 11.9 Å². The fourth-order valence-corrected chi connectivity index (χ4v) is 7.42. The second-order valence-corrected chi connectivity index (χ2v) is 10.1. The van der Waals surface area contributed by atoms with Crippen molar-refractivity contribution in [2.75, 3.05) is 0 Å². The van der Waals surface area contributed by atoms with Gasteiger partial charge in [0.25, 0.3) is 0 Å². The third kappa shape index (κ3) is 2.63. The minimum Gasteiger partial charge on any atom is -0.463 e. The van der Waals surface area contributed by atoms with Gasteiger partial charge < -0.3 is 9.47 Å². The molecule has 0 radical (unpaired) electrons. The van der Waals surface area contributed by atoms with Gasteiger partial charge in [-0.1, -0.05) is 27.7 Å². The van der Waals surface area contributed by atoms with Crippen molar-refractivity contribution < 1.29 is 19.1 Å². The van der Waals surface area contributed by atoms with Crippen LogP contribution in [0.1, 0.15) is 66.7 Å². The first-order valence-electron chi connectivity index (χ1n) is 10.2. The van der Waals surface area contributed by atoms with Gasteiger partial charge in [0.1, 0.15) is 12.2 Å². The highest BCUT2D eigenvalue weighted by atomic mass is 16.5. The van der Waals surface area contributed by atoms with E-state index in [0.717, 1.165) is 19.3 Å². The molecule has 3 saturated carbocycles. The normalized spacial score (nSPS) is 46.3. The SMILES string of the molecule is CC(=O)O[C@@H]1CC(C)(C)[C@@H]2CC[C@H]3[C@@H](C)C4=CC(=O)O[C@@H]4C[C@@H]3[C@@]2(C)C1. The monoisotopic (exact) mass is 360 g/mol. The van der Waals surface area contributed by atoms with Crippen molar-refractivity contribution in [3.8, 4) is 0 Å². The summed E-state index contributed by atoms with van der Waals surface area (Å²) in [5.74, 6) is 1.80. The maximum Gasteiger partial charge on any atom is 0.331 e. The van der Waals surface area contributed by atoms with Gasteiger partial charge >= 0.3 is 11.9 Å². The van der Waals surface area contributed by atoms with Gasteiger partial charge in [0.05, 0.1) is 0 Å². The number of esters is 2. The maximum atomic E-state index is 11.8. The predicted molar refractivity (Wildman–Crippen MR) is 98.1 cm³/mol. The Morgan fingerprint density at radius 3 is 2.65 bits per heavy atom. The summed E-state index contributed by atoms with van der Waals surface area (Å²) >= 11 is 0. The van der Waals surface area contributed by atoms with E-state index < -0.39 is 0 Å². The molecule has 4 nitrogen and oxygen atoms in total. The number of rotatable bonds is 1. The summed E-state index contributed by atoms with van der Waals surface area (Å²) < 4.78 is 11.4. The fourth-order valence-electron chi connectivity index (χ4n) is 7.42. The largest absolute Gasteiger partial charge is 0.463 e. The predicted octanol–water partition coefficient (Wildman–Crippen LogP) is 4.28. The molecule has 0 aromatic carbocycles. The molecule has 3 aliphatic carbocycles. The molecule has 0 spiro atoms. The molecular formula is C22H32O4. The molecule has 0 saturated heterocycles. The summed E-state index contributed by atoms with van der Waals surface area (Å²) in [7, 11) is 0.